The van der Waals surface area contributed by atoms with Gasteiger partial charge >= 0.3 is 6.09 Å². The Morgan fingerprint density at radius 3 is 2.87 bits per heavy atom. The van der Waals surface area contributed by atoms with Crippen LogP contribution in [0.3, 0.4) is 0 Å². The van der Waals surface area contributed by atoms with E-state index in [4.69, 9.17) is 0 Å². The van der Waals surface area contributed by atoms with Gasteiger partial charge in [0.25, 0.3) is 0 Å². The molecule has 1 saturated heterocycles. The summed E-state index contributed by atoms with van der Waals surface area (Å²) in [6.45, 7) is 3.91. The molecule has 3 rings (SSSR count). The van der Waals surface area contributed by atoms with Crippen molar-refractivity contribution in [3.63, 3.8) is 0 Å². The van der Waals surface area contributed by atoms with E-state index in [9.17, 15) is 9.90 Å². The van der Waals surface area contributed by atoms with Crippen molar-refractivity contribution in [1.82, 2.24) is 4.90 Å². The van der Waals surface area contributed by atoms with Gasteiger partial charge in [-0.25, -0.2) is 4.79 Å². The standard InChI is InChI=1S/C19H28N2O2/c1-3-4-5-6-10-21(19(22)23)15-7-8-16-17(13-15)14-9-11-20(2)18(16)12-14/h7-8,13-14,18H,3-6,9-12H2,1-2H3,(H,22,23). The number of benzene rings is 1. The van der Waals surface area contributed by atoms with Crippen LogP contribution in [0.5, 0.6) is 0 Å². The largest absolute Gasteiger partial charge is 0.465 e. The number of fused-ring (bicyclic) bond motifs is 5. The third-order valence-corrected chi connectivity index (χ3v) is 5.52. The molecule has 2 bridgehead atoms. The summed E-state index contributed by atoms with van der Waals surface area (Å²) >= 11 is 0. The van der Waals surface area contributed by atoms with Crippen LogP contribution >= 0.6 is 0 Å². The van der Waals surface area contributed by atoms with Crippen molar-refractivity contribution in [3.8, 4) is 0 Å². The van der Waals surface area contributed by atoms with Crippen molar-refractivity contribution in [2.45, 2.75) is 57.4 Å². The molecular weight excluding hydrogens is 288 g/mol. The van der Waals surface area contributed by atoms with Crippen LogP contribution in [0, 0.1) is 0 Å². The van der Waals surface area contributed by atoms with Gasteiger partial charge in [0.1, 0.15) is 0 Å². The Bertz CT molecular complexity index is 572. The Hall–Kier alpha value is -1.55. The number of likely N-dealkylation sites (tertiary alicyclic amines) is 1. The SMILES string of the molecule is CCCCCCN(C(=O)O)c1ccc2c(c1)C1CCN(C)C2C1. The number of piperidine rings is 1. The first-order valence-corrected chi connectivity index (χ1v) is 8.96. The molecule has 2 unspecified atom stereocenters. The summed E-state index contributed by atoms with van der Waals surface area (Å²) in [4.78, 5) is 15.6. The normalized spacial score (nSPS) is 22.9. The van der Waals surface area contributed by atoms with Crippen LogP contribution < -0.4 is 4.90 Å². The maximum Gasteiger partial charge on any atom is 0.411 e. The Morgan fingerprint density at radius 1 is 1.30 bits per heavy atom. The molecule has 1 N–H and O–H groups in total. The molecule has 0 aromatic heterocycles. The number of amides is 1. The highest BCUT2D eigenvalue weighted by Crippen LogP contribution is 2.49. The highest BCUT2D eigenvalue weighted by Gasteiger charge is 2.37. The van der Waals surface area contributed by atoms with Crippen LogP contribution in [0.4, 0.5) is 10.5 Å². The molecule has 4 heteroatoms. The monoisotopic (exact) mass is 316 g/mol. The molecular formula is C19H28N2O2. The first-order valence-electron chi connectivity index (χ1n) is 8.96. The molecule has 0 saturated carbocycles. The van der Waals surface area contributed by atoms with E-state index in [1.54, 1.807) is 0 Å². The number of hydrogen-bond donors (Lipinski definition) is 1. The van der Waals surface area contributed by atoms with Crippen molar-refractivity contribution in [3.05, 3.63) is 29.3 Å². The summed E-state index contributed by atoms with van der Waals surface area (Å²) in [5.74, 6) is 0.613. The predicted molar refractivity (Wildman–Crippen MR) is 93.3 cm³/mol. The summed E-state index contributed by atoms with van der Waals surface area (Å²) in [7, 11) is 2.20. The van der Waals surface area contributed by atoms with Crippen LogP contribution in [0.15, 0.2) is 18.2 Å². The van der Waals surface area contributed by atoms with Gasteiger partial charge in [0.15, 0.2) is 0 Å². The molecule has 1 amide bonds. The maximum atomic E-state index is 11.7. The number of carbonyl (C=O) groups is 1. The third kappa shape index (κ3) is 3.23. The molecule has 1 heterocycles. The summed E-state index contributed by atoms with van der Waals surface area (Å²) in [6.07, 6.45) is 5.93. The van der Waals surface area contributed by atoms with Crippen LogP contribution in [-0.2, 0) is 0 Å². The summed E-state index contributed by atoms with van der Waals surface area (Å²) < 4.78 is 0. The van der Waals surface area contributed by atoms with Gasteiger partial charge in [0.2, 0.25) is 0 Å². The van der Waals surface area contributed by atoms with E-state index < -0.39 is 6.09 Å². The van der Waals surface area contributed by atoms with Crippen molar-refractivity contribution < 1.29 is 9.90 Å². The molecule has 1 aliphatic heterocycles. The average molecular weight is 316 g/mol. The lowest BCUT2D eigenvalue weighted by molar-refractivity contribution is 0.192. The highest BCUT2D eigenvalue weighted by atomic mass is 16.4. The zero-order chi connectivity index (χ0) is 16.4. The molecule has 2 aliphatic rings. The van der Waals surface area contributed by atoms with Crippen LogP contribution in [-0.4, -0.2) is 36.2 Å². The molecule has 4 nitrogen and oxygen atoms in total. The fraction of sp³-hybridized carbons (Fsp3) is 0.632. The fourth-order valence-corrected chi connectivity index (χ4v) is 4.15. The minimum Gasteiger partial charge on any atom is -0.465 e. The zero-order valence-electron chi connectivity index (χ0n) is 14.3. The van der Waals surface area contributed by atoms with E-state index in [2.05, 4.69) is 31.0 Å². The van der Waals surface area contributed by atoms with Crippen LogP contribution in [0.25, 0.3) is 0 Å². The number of unbranched alkanes of at least 4 members (excludes halogenated alkanes) is 3. The quantitative estimate of drug-likeness (QED) is 0.779. The Kier molecular flexibility index (Phi) is 4.90. The second-order valence-electron chi connectivity index (χ2n) is 7.03. The van der Waals surface area contributed by atoms with E-state index >= 15 is 0 Å². The van der Waals surface area contributed by atoms with Crippen molar-refractivity contribution >= 4 is 11.8 Å². The van der Waals surface area contributed by atoms with Gasteiger partial charge < -0.3 is 5.11 Å². The predicted octanol–water partition coefficient (Wildman–Crippen LogP) is 4.62. The Balaban J connectivity index is 1.78. The Morgan fingerprint density at radius 2 is 2.13 bits per heavy atom. The first kappa shape index (κ1) is 16.3. The minimum atomic E-state index is -0.834. The topological polar surface area (TPSA) is 43.8 Å². The molecule has 1 aliphatic carbocycles. The number of carboxylic acid groups (broad SMARTS) is 1. The molecule has 0 spiro atoms. The van der Waals surface area contributed by atoms with Gasteiger partial charge in [0, 0.05) is 18.3 Å². The molecule has 126 valence electrons. The zero-order valence-corrected chi connectivity index (χ0v) is 14.3. The van der Waals surface area contributed by atoms with E-state index in [1.165, 1.54) is 41.7 Å². The highest BCUT2D eigenvalue weighted by molar-refractivity contribution is 5.86. The minimum absolute atomic E-state index is 0.528. The van der Waals surface area contributed by atoms with Gasteiger partial charge in [0.05, 0.1) is 0 Å². The molecule has 1 aromatic carbocycles. The van der Waals surface area contributed by atoms with Crippen molar-refractivity contribution in [2.24, 2.45) is 0 Å². The maximum absolute atomic E-state index is 11.7. The molecule has 1 aromatic rings. The second kappa shape index (κ2) is 6.91. The molecule has 2 atom stereocenters. The summed E-state index contributed by atoms with van der Waals surface area (Å²) in [5, 5.41) is 9.58. The van der Waals surface area contributed by atoms with Gasteiger partial charge in [-0.1, -0.05) is 32.3 Å². The number of hydrogen-bond acceptors (Lipinski definition) is 2. The molecule has 0 radical (unpaired) electrons. The van der Waals surface area contributed by atoms with E-state index in [0.717, 1.165) is 25.1 Å². The fourth-order valence-electron chi connectivity index (χ4n) is 4.15. The Labute approximate surface area is 139 Å². The summed E-state index contributed by atoms with van der Waals surface area (Å²) in [6, 6.07) is 6.84. The van der Waals surface area contributed by atoms with E-state index in [-0.39, 0.29) is 0 Å². The number of nitrogens with zero attached hydrogens (tertiary/aromatic N) is 2. The van der Waals surface area contributed by atoms with Gasteiger partial charge in [-0.2, -0.15) is 0 Å². The van der Waals surface area contributed by atoms with E-state index in [1.807, 2.05) is 6.07 Å². The first-order chi connectivity index (χ1) is 11.1. The lowest BCUT2D eigenvalue weighted by atomic mass is 9.95. The number of anilines is 1. The van der Waals surface area contributed by atoms with Crippen LogP contribution in [0.2, 0.25) is 0 Å². The lowest BCUT2D eigenvalue weighted by Gasteiger charge is -2.29. The van der Waals surface area contributed by atoms with Crippen molar-refractivity contribution in [1.29, 1.82) is 0 Å². The molecule has 1 fully saturated rings. The summed E-state index contributed by atoms with van der Waals surface area (Å²) in [5.41, 5.74) is 3.65. The van der Waals surface area contributed by atoms with Gasteiger partial charge in [-0.05, 0) is 62.0 Å². The van der Waals surface area contributed by atoms with Gasteiger partial charge in [-0.15, -0.1) is 0 Å². The second-order valence-corrected chi connectivity index (χ2v) is 7.03. The number of rotatable bonds is 6. The average Bonchev–Trinajstić information content (AvgIpc) is 2.84. The lowest BCUT2D eigenvalue weighted by Crippen LogP contribution is -2.30. The third-order valence-electron chi connectivity index (χ3n) is 5.52. The van der Waals surface area contributed by atoms with Crippen LogP contribution in [0.1, 0.15) is 68.5 Å². The van der Waals surface area contributed by atoms with Gasteiger partial charge in [-0.3, -0.25) is 9.80 Å². The van der Waals surface area contributed by atoms with E-state index in [0.29, 0.717) is 18.5 Å². The smallest absolute Gasteiger partial charge is 0.411 e. The molecule has 23 heavy (non-hydrogen) atoms. The van der Waals surface area contributed by atoms with Crippen molar-refractivity contribution in [2.75, 3.05) is 25.0 Å².